The molecule has 0 bridgehead atoms. The molecule has 0 amide bonds. The number of benzene rings is 1. The number of nitrogens with zero attached hydrogens (tertiary/aromatic N) is 1. The smallest absolute Gasteiger partial charge is 0.171 e. The van der Waals surface area contributed by atoms with E-state index in [1.54, 1.807) is 0 Å². The average molecular weight is 542 g/mol. The molecule has 1 saturated heterocycles. The van der Waals surface area contributed by atoms with Crippen LogP contribution in [0.15, 0.2) is 42.7 Å². The summed E-state index contributed by atoms with van der Waals surface area (Å²) in [4.78, 5) is 17.8. The topological polar surface area (TPSA) is 68.7 Å². The maximum atomic E-state index is 13.4. The molecular weight excluding hydrogens is 498 g/mol. The third kappa shape index (κ3) is 3.38. The fourth-order valence-corrected chi connectivity index (χ4v) is 10.8. The molecule has 1 aliphatic heterocycles. The molecule has 2 aromatic rings. The highest BCUT2D eigenvalue weighted by Crippen LogP contribution is 2.73. The summed E-state index contributed by atoms with van der Waals surface area (Å²) >= 11 is 0. The van der Waals surface area contributed by atoms with Crippen molar-refractivity contribution in [2.24, 2.45) is 34.0 Å². The van der Waals surface area contributed by atoms with Gasteiger partial charge in [0.15, 0.2) is 5.79 Å². The molecule has 1 aromatic heterocycles. The van der Waals surface area contributed by atoms with E-state index in [1.165, 1.54) is 16.7 Å². The molecule has 5 heteroatoms. The Morgan fingerprint density at radius 3 is 2.60 bits per heavy atom. The van der Waals surface area contributed by atoms with Crippen molar-refractivity contribution in [3.63, 3.8) is 0 Å². The molecule has 6 aliphatic rings. The quantitative estimate of drug-likeness (QED) is 0.448. The molecular formula is C35H43NO4. The van der Waals surface area contributed by atoms with Crippen molar-refractivity contribution >= 4 is 5.78 Å². The second-order valence-corrected chi connectivity index (χ2v) is 15.4. The predicted octanol–water partition coefficient (Wildman–Crippen LogP) is 6.47. The van der Waals surface area contributed by atoms with Crippen molar-refractivity contribution in [2.75, 3.05) is 13.2 Å². The summed E-state index contributed by atoms with van der Waals surface area (Å²) in [7, 11) is 0. The Morgan fingerprint density at radius 2 is 1.82 bits per heavy atom. The molecule has 7 atom stereocenters. The Morgan fingerprint density at radius 1 is 1.00 bits per heavy atom. The molecule has 4 saturated carbocycles. The van der Waals surface area contributed by atoms with Gasteiger partial charge in [0.1, 0.15) is 5.78 Å². The second kappa shape index (κ2) is 8.26. The van der Waals surface area contributed by atoms with Crippen LogP contribution in [0.4, 0.5) is 0 Å². The summed E-state index contributed by atoms with van der Waals surface area (Å²) in [5, 5.41) is 12.9. The third-order valence-electron chi connectivity index (χ3n) is 12.7. The molecule has 2 unspecified atom stereocenters. The number of hydrogen-bond acceptors (Lipinski definition) is 5. The standard InChI is InChI=1S/C35H43NO4/c1-31(2)20-39-35(40-21-31)13-12-33-16-24-15-22(23-5-4-14-36-18-23)6-7-25(24)27-17-32(3)28(8-9-29(32)37)26(30(27)33)10-11-34(33,38)19-35/h4-7,14-15,18,26-28,30,38H,8-13,16-17,19-21H2,1-3H3/t26-,27?,28-,30?,32-,33-,34+/m0/s1. The van der Waals surface area contributed by atoms with E-state index in [0.717, 1.165) is 56.9 Å². The van der Waals surface area contributed by atoms with Gasteiger partial charge in [-0.15, -0.1) is 0 Å². The summed E-state index contributed by atoms with van der Waals surface area (Å²) < 4.78 is 13.0. The molecule has 0 radical (unpaired) electrons. The first-order valence-electron chi connectivity index (χ1n) is 15.6. The maximum absolute atomic E-state index is 13.4. The van der Waals surface area contributed by atoms with Gasteiger partial charge in [0.25, 0.3) is 0 Å². The molecule has 2 spiro atoms. The Hall–Kier alpha value is -2.08. The summed E-state index contributed by atoms with van der Waals surface area (Å²) in [6.07, 6.45) is 11.4. The number of pyridine rings is 1. The first kappa shape index (κ1) is 25.6. The zero-order valence-corrected chi connectivity index (χ0v) is 24.2. The van der Waals surface area contributed by atoms with Gasteiger partial charge >= 0.3 is 0 Å². The van der Waals surface area contributed by atoms with Gasteiger partial charge in [0, 0.05) is 47.9 Å². The van der Waals surface area contributed by atoms with Crippen molar-refractivity contribution in [3.8, 4) is 11.1 Å². The summed E-state index contributed by atoms with van der Waals surface area (Å²) in [6.45, 7) is 7.99. The number of aromatic nitrogens is 1. The monoisotopic (exact) mass is 541 g/mol. The number of carbonyl (C=O) groups is 1. The number of Topliss-reactive ketones (excluding diaryl/α,β-unsaturated/α-hetero) is 1. The summed E-state index contributed by atoms with van der Waals surface area (Å²) in [5.41, 5.74) is 3.78. The van der Waals surface area contributed by atoms with E-state index < -0.39 is 11.4 Å². The summed E-state index contributed by atoms with van der Waals surface area (Å²) in [5.74, 6) is 1.42. The van der Waals surface area contributed by atoms with Gasteiger partial charge in [-0.25, -0.2) is 0 Å². The minimum atomic E-state index is -0.843. The first-order valence-corrected chi connectivity index (χ1v) is 15.6. The van der Waals surface area contributed by atoms with Crippen LogP contribution in [-0.2, 0) is 20.7 Å². The Bertz CT molecular complexity index is 1360. The number of ether oxygens (including phenoxy) is 2. The van der Waals surface area contributed by atoms with Crippen molar-refractivity contribution < 1.29 is 19.4 Å². The molecule has 5 nitrogen and oxygen atoms in total. The van der Waals surface area contributed by atoms with Gasteiger partial charge in [-0.3, -0.25) is 9.78 Å². The number of ketones is 1. The van der Waals surface area contributed by atoms with Gasteiger partial charge in [-0.2, -0.15) is 0 Å². The highest BCUT2D eigenvalue weighted by atomic mass is 16.7. The first-order chi connectivity index (χ1) is 19.1. The van der Waals surface area contributed by atoms with Gasteiger partial charge in [-0.1, -0.05) is 45.0 Å². The number of fused-ring (bicyclic) bond motifs is 4. The van der Waals surface area contributed by atoms with Crippen molar-refractivity contribution in [3.05, 3.63) is 53.9 Å². The van der Waals surface area contributed by atoms with Crippen LogP contribution >= 0.6 is 0 Å². The van der Waals surface area contributed by atoms with E-state index in [2.05, 4.69) is 50.0 Å². The lowest BCUT2D eigenvalue weighted by Gasteiger charge is -2.69. The van der Waals surface area contributed by atoms with Crippen molar-refractivity contribution in [2.45, 2.75) is 95.9 Å². The van der Waals surface area contributed by atoms with E-state index in [0.29, 0.717) is 49.1 Å². The fraction of sp³-hybridized carbons (Fsp3) is 0.657. The lowest BCUT2D eigenvalue weighted by Crippen LogP contribution is -2.70. The van der Waals surface area contributed by atoms with E-state index in [1.807, 2.05) is 18.5 Å². The number of hydrogen-bond donors (Lipinski definition) is 1. The number of aliphatic hydroxyl groups is 1. The van der Waals surface area contributed by atoms with E-state index in [4.69, 9.17) is 9.47 Å². The fourth-order valence-electron chi connectivity index (χ4n) is 10.8. The lowest BCUT2D eigenvalue weighted by atomic mass is 9.37. The van der Waals surface area contributed by atoms with Crippen LogP contribution in [0.2, 0.25) is 0 Å². The predicted molar refractivity (Wildman–Crippen MR) is 152 cm³/mol. The van der Waals surface area contributed by atoms with Crippen LogP contribution in [0.1, 0.15) is 89.2 Å². The van der Waals surface area contributed by atoms with Gasteiger partial charge in [0.05, 0.1) is 18.8 Å². The van der Waals surface area contributed by atoms with Gasteiger partial charge in [-0.05, 0) is 90.5 Å². The molecule has 5 aliphatic carbocycles. The zero-order chi connectivity index (χ0) is 27.5. The summed E-state index contributed by atoms with van der Waals surface area (Å²) in [6, 6.07) is 11.1. The van der Waals surface area contributed by atoms with Crippen LogP contribution < -0.4 is 0 Å². The molecule has 2 heterocycles. The Balaban J connectivity index is 1.25. The Kier molecular flexibility index (Phi) is 5.29. The van der Waals surface area contributed by atoms with Crippen LogP contribution in [0, 0.1) is 34.0 Å². The van der Waals surface area contributed by atoms with Gasteiger partial charge < -0.3 is 14.6 Å². The second-order valence-electron chi connectivity index (χ2n) is 15.4. The van der Waals surface area contributed by atoms with E-state index in [-0.39, 0.29) is 16.2 Å². The van der Waals surface area contributed by atoms with Gasteiger partial charge in [0.2, 0.25) is 0 Å². The average Bonchev–Trinajstić information content (AvgIpc) is 3.25. The van der Waals surface area contributed by atoms with E-state index >= 15 is 0 Å². The van der Waals surface area contributed by atoms with Crippen molar-refractivity contribution in [1.29, 1.82) is 0 Å². The lowest BCUT2D eigenvalue weighted by molar-refractivity contribution is -0.357. The number of carbonyl (C=O) groups excluding carboxylic acids is 1. The zero-order valence-electron chi connectivity index (χ0n) is 24.2. The van der Waals surface area contributed by atoms with Crippen LogP contribution in [-0.4, -0.2) is 40.5 Å². The largest absolute Gasteiger partial charge is 0.389 e. The highest BCUT2D eigenvalue weighted by molar-refractivity contribution is 5.87. The molecule has 40 heavy (non-hydrogen) atoms. The molecule has 1 N–H and O–H groups in total. The van der Waals surface area contributed by atoms with Crippen molar-refractivity contribution in [1.82, 2.24) is 4.98 Å². The SMILES string of the molecule is CC1(C)COC2(CC[C@@]34Cc5cc(-c6cccnc6)ccc5C5C[C@]6(C)C(=O)CC[C@H]6[C@H](CC[C@@]3(O)C2)C54)OC1. The van der Waals surface area contributed by atoms with Crippen LogP contribution in [0.25, 0.3) is 11.1 Å². The van der Waals surface area contributed by atoms with Crippen LogP contribution in [0.5, 0.6) is 0 Å². The molecule has 212 valence electrons. The van der Waals surface area contributed by atoms with Crippen LogP contribution in [0.3, 0.4) is 0 Å². The maximum Gasteiger partial charge on any atom is 0.171 e. The Labute approximate surface area is 238 Å². The molecule has 8 rings (SSSR count). The highest BCUT2D eigenvalue weighted by Gasteiger charge is 2.72. The minimum Gasteiger partial charge on any atom is -0.389 e. The van der Waals surface area contributed by atoms with E-state index in [9.17, 15) is 9.90 Å². The number of rotatable bonds is 1. The molecule has 5 fully saturated rings. The normalized spacial score (nSPS) is 42.5. The molecule has 1 aromatic carbocycles. The minimum absolute atomic E-state index is 0.00106. The third-order valence-corrected chi connectivity index (χ3v) is 12.7.